The van der Waals surface area contributed by atoms with E-state index in [1.807, 2.05) is 19.2 Å². The van der Waals surface area contributed by atoms with Crippen LogP contribution in [0.15, 0.2) is 12.1 Å². The molecule has 5 heteroatoms. The van der Waals surface area contributed by atoms with Crippen molar-refractivity contribution in [1.82, 2.24) is 4.90 Å². The minimum atomic E-state index is 0.0290. The standard InChI is InChI=1S/C14H18N2O2S/c1-16(10-11-4-3-9-18-11)14(17)13-7-6-12(19-13)5-2-8-15/h6-7,11H,3-4,8-10,15H2,1H3. The molecule has 1 saturated heterocycles. The van der Waals surface area contributed by atoms with Crippen molar-refractivity contribution in [1.29, 1.82) is 0 Å². The van der Waals surface area contributed by atoms with E-state index in [1.54, 1.807) is 4.90 Å². The van der Waals surface area contributed by atoms with Crippen LogP contribution in [0.25, 0.3) is 0 Å². The zero-order valence-electron chi connectivity index (χ0n) is 11.0. The fourth-order valence-electron chi connectivity index (χ4n) is 2.02. The highest BCUT2D eigenvalue weighted by Gasteiger charge is 2.21. The van der Waals surface area contributed by atoms with Crippen molar-refractivity contribution in [2.45, 2.75) is 18.9 Å². The highest BCUT2D eigenvalue weighted by Crippen LogP contribution is 2.19. The van der Waals surface area contributed by atoms with Crippen molar-refractivity contribution in [2.75, 3.05) is 26.7 Å². The minimum absolute atomic E-state index is 0.0290. The van der Waals surface area contributed by atoms with E-state index < -0.39 is 0 Å². The number of carbonyl (C=O) groups is 1. The smallest absolute Gasteiger partial charge is 0.263 e. The van der Waals surface area contributed by atoms with E-state index in [9.17, 15) is 4.79 Å². The van der Waals surface area contributed by atoms with E-state index in [0.29, 0.717) is 18.0 Å². The summed E-state index contributed by atoms with van der Waals surface area (Å²) >= 11 is 1.41. The average molecular weight is 278 g/mol. The van der Waals surface area contributed by atoms with Gasteiger partial charge in [0.05, 0.1) is 22.4 Å². The van der Waals surface area contributed by atoms with Crippen LogP contribution in [0.3, 0.4) is 0 Å². The van der Waals surface area contributed by atoms with Gasteiger partial charge < -0.3 is 15.4 Å². The molecule has 1 aliphatic rings. The average Bonchev–Trinajstić information content (AvgIpc) is 3.06. The van der Waals surface area contributed by atoms with Crippen LogP contribution in [0.5, 0.6) is 0 Å². The number of ether oxygens (including phenoxy) is 1. The molecule has 4 nitrogen and oxygen atoms in total. The molecule has 2 N–H and O–H groups in total. The first-order chi connectivity index (χ1) is 9.20. The number of hydrogen-bond acceptors (Lipinski definition) is 4. The summed E-state index contributed by atoms with van der Waals surface area (Å²) in [6, 6.07) is 3.68. The number of hydrogen-bond donors (Lipinski definition) is 1. The molecular formula is C14H18N2O2S. The van der Waals surface area contributed by atoms with Gasteiger partial charge >= 0.3 is 0 Å². The molecule has 0 radical (unpaired) electrons. The fraction of sp³-hybridized carbons (Fsp3) is 0.500. The summed E-state index contributed by atoms with van der Waals surface area (Å²) in [6.07, 6.45) is 2.31. The minimum Gasteiger partial charge on any atom is -0.376 e. The Kier molecular flexibility index (Phi) is 4.97. The maximum absolute atomic E-state index is 12.2. The first kappa shape index (κ1) is 14.1. The largest absolute Gasteiger partial charge is 0.376 e. The summed E-state index contributed by atoms with van der Waals surface area (Å²) < 4.78 is 5.54. The molecule has 2 rings (SSSR count). The van der Waals surface area contributed by atoms with Gasteiger partial charge in [-0.1, -0.05) is 11.8 Å². The van der Waals surface area contributed by atoms with Gasteiger partial charge in [0.1, 0.15) is 0 Å². The molecule has 0 aliphatic carbocycles. The molecular weight excluding hydrogens is 260 g/mol. The van der Waals surface area contributed by atoms with Crippen LogP contribution in [0, 0.1) is 11.8 Å². The number of amides is 1. The van der Waals surface area contributed by atoms with Gasteiger partial charge in [0, 0.05) is 20.2 Å². The molecule has 1 atom stereocenters. The van der Waals surface area contributed by atoms with Crippen LogP contribution < -0.4 is 5.73 Å². The molecule has 0 aromatic carbocycles. The number of likely N-dealkylation sites (N-methyl/N-ethyl adjacent to an activating group) is 1. The van der Waals surface area contributed by atoms with Crippen molar-refractivity contribution in [3.8, 4) is 11.8 Å². The maximum Gasteiger partial charge on any atom is 0.263 e. The second-order valence-corrected chi connectivity index (χ2v) is 5.57. The van der Waals surface area contributed by atoms with Gasteiger partial charge in [0.2, 0.25) is 0 Å². The lowest BCUT2D eigenvalue weighted by Crippen LogP contribution is -2.33. The summed E-state index contributed by atoms with van der Waals surface area (Å²) in [5.74, 6) is 5.76. The van der Waals surface area contributed by atoms with Gasteiger partial charge in [-0.3, -0.25) is 4.79 Å². The molecule has 0 bridgehead atoms. The van der Waals surface area contributed by atoms with Crippen molar-refractivity contribution >= 4 is 17.2 Å². The molecule has 1 unspecified atom stereocenters. The lowest BCUT2D eigenvalue weighted by atomic mass is 10.2. The van der Waals surface area contributed by atoms with Gasteiger partial charge in [-0.2, -0.15) is 0 Å². The molecule has 1 fully saturated rings. The molecule has 1 aliphatic heterocycles. The molecule has 102 valence electrons. The van der Waals surface area contributed by atoms with E-state index in [2.05, 4.69) is 11.8 Å². The molecule has 2 heterocycles. The summed E-state index contributed by atoms with van der Waals surface area (Å²) in [4.78, 5) is 15.5. The number of rotatable bonds is 3. The molecule has 0 saturated carbocycles. The van der Waals surface area contributed by atoms with Crippen LogP contribution in [-0.4, -0.2) is 43.7 Å². The number of nitrogens with zero attached hydrogens (tertiary/aromatic N) is 1. The Bertz CT molecular complexity index is 495. The van der Waals surface area contributed by atoms with Crippen LogP contribution in [0.1, 0.15) is 27.4 Å². The van der Waals surface area contributed by atoms with Gasteiger partial charge in [-0.15, -0.1) is 11.3 Å². The second kappa shape index (κ2) is 6.71. The molecule has 1 aromatic rings. The highest BCUT2D eigenvalue weighted by atomic mass is 32.1. The van der Waals surface area contributed by atoms with Crippen LogP contribution >= 0.6 is 11.3 Å². The van der Waals surface area contributed by atoms with Crippen molar-refractivity contribution in [3.63, 3.8) is 0 Å². The summed E-state index contributed by atoms with van der Waals surface area (Å²) in [7, 11) is 1.81. The summed E-state index contributed by atoms with van der Waals surface area (Å²) in [5, 5.41) is 0. The predicted octanol–water partition coefficient (Wildman–Crippen LogP) is 1.31. The Morgan fingerprint density at radius 3 is 3.16 bits per heavy atom. The monoisotopic (exact) mass is 278 g/mol. The number of thiophene rings is 1. The normalized spacial score (nSPS) is 17.9. The lowest BCUT2D eigenvalue weighted by molar-refractivity contribution is 0.0590. The van der Waals surface area contributed by atoms with E-state index in [1.165, 1.54) is 11.3 Å². The van der Waals surface area contributed by atoms with E-state index >= 15 is 0 Å². The van der Waals surface area contributed by atoms with E-state index in [-0.39, 0.29) is 12.0 Å². The Hall–Kier alpha value is -1.35. The Balaban J connectivity index is 1.96. The third-order valence-electron chi connectivity index (χ3n) is 2.98. The first-order valence-electron chi connectivity index (χ1n) is 6.36. The van der Waals surface area contributed by atoms with Gasteiger partial charge in [0.25, 0.3) is 5.91 Å². The topological polar surface area (TPSA) is 55.6 Å². The predicted molar refractivity (Wildman–Crippen MR) is 76.2 cm³/mol. The van der Waals surface area contributed by atoms with Gasteiger partial charge in [-0.25, -0.2) is 0 Å². The highest BCUT2D eigenvalue weighted by molar-refractivity contribution is 7.14. The zero-order chi connectivity index (χ0) is 13.7. The first-order valence-corrected chi connectivity index (χ1v) is 7.18. The summed E-state index contributed by atoms with van der Waals surface area (Å²) in [5.41, 5.74) is 5.32. The van der Waals surface area contributed by atoms with Crippen LogP contribution in [0.4, 0.5) is 0 Å². The SMILES string of the molecule is CN(CC1CCCO1)C(=O)c1ccc(C#CCN)s1. The van der Waals surface area contributed by atoms with E-state index in [0.717, 1.165) is 24.3 Å². The Morgan fingerprint density at radius 1 is 1.63 bits per heavy atom. The lowest BCUT2D eigenvalue weighted by Gasteiger charge is -2.20. The van der Waals surface area contributed by atoms with Crippen LogP contribution in [-0.2, 0) is 4.74 Å². The Morgan fingerprint density at radius 2 is 2.47 bits per heavy atom. The second-order valence-electron chi connectivity index (χ2n) is 4.49. The number of carbonyl (C=O) groups excluding carboxylic acids is 1. The number of nitrogens with two attached hydrogens (primary N) is 1. The molecule has 1 aromatic heterocycles. The van der Waals surface area contributed by atoms with Crippen molar-refractivity contribution < 1.29 is 9.53 Å². The van der Waals surface area contributed by atoms with Crippen molar-refractivity contribution in [3.05, 3.63) is 21.9 Å². The van der Waals surface area contributed by atoms with Crippen LogP contribution in [0.2, 0.25) is 0 Å². The van der Waals surface area contributed by atoms with Crippen molar-refractivity contribution in [2.24, 2.45) is 5.73 Å². The molecule has 1 amide bonds. The fourth-order valence-corrected chi connectivity index (χ4v) is 2.90. The maximum atomic E-state index is 12.2. The molecule has 0 spiro atoms. The van der Waals surface area contributed by atoms with E-state index in [4.69, 9.17) is 10.5 Å². The third kappa shape index (κ3) is 3.80. The van der Waals surface area contributed by atoms with Gasteiger partial charge in [0.15, 0.2) is 0 Å². The van der Waals surface area contributed by atoms with Gasteiger partial charge in [-0.05, 0) is 25.0 Å². The zero-order valence-corrected chi connectivity index (χ0v) is 11.8. The summed E-state index contributed by atoms with van der Waals surface area (Å²) in [6.45, 7) is 1.80. The third-order valence-corrected chi connectivity index (χ3v) is 3.97. The molecule has 19 heavy (non-hydrogen) atoms. The quantitative estimate of drug-likeness (QED) is 0.848. The Labute approximate surface area is 117 Å².